The van der Waals surface area contributed by atoms with E-state index in [0.29, 0.717) is 14.8 Å². The number of alkyl halides is 2. The van der Waals surface area contributed by atoms with Crippen LogP contribution in [-0.4, -0.2) is 19.5 Å². The van der Waals surface area contributed by atoms with Crippen LogP contribution >= 0.6 is 22.9 Å². The maximum atomic E-state index is 12.5. The first-order valence-electron chi connectivity index (χ1n) is 6.11. The lowest BCUT2D eigenvalue weighted by Gasteiger charge is -2.12. The number of rotatable bonds is 6. The molecule has 22 heavy (non-hydrogen) atoms. The molecule has 0 fully saturated rings. The minimum atomic E-state index is -2.99. The van der Waals surface area contributed by atoms with Crippen LogP contribution in [-0.2, 0) is 0 Å². The fraction of sp³-hybridized carbons (Fsp3) is 0.133. The van der Waals surface area contributed by atoms with Gasteiger partial charge in [-0.2, -0.15) is 8.78 Å². The summed E-state index contributed by atoms with van der Waals surface area (Å²) < 4.78 is 35.0. The van der Waals surface area contributed by atoms with Crippen molar-refractivity contribution in [2.24, 2.45) is 0 Å². The molecule has 0 saturated heterocycles. The second-order valence-corrected chi connectivity index (χ2v) is 5.77. The van der Waals surface area contributed by atoms with Crippen molar-refractivity contribution >= 4 is 34.8 Å². The number of hydrogen-bond donors (Lipinski definition) is 0. The van der Waals surface area contributed by atoms with Crippen molar-refractivity contribution < 1.29 is 23.0 Å². The van der Waals surface area contributed by atoms with Crippen LogP contribution in [0.5, 0.6) is 11.5 Å². The van der Waals surface area contributed by atoms with E-state index in [2.05, 4.69) is 4.74 Å². The van der Waals surface area contributed by atoms with Gasteiger partial charge in [0.25, 0.3) is 0 Å². The molecule has 2 rings (SSSR count). The minimum Gasteiger partial charge on any atom is -0.493 e. The van der Waals surface area contributed by atoms with Gasteiger partial charge in [-0.25, -0.2) is 0 Å². The third-order valence-electron chi connectivity index (χ3n) is 2.67. The lowest BCUT2D eigenvalue weighted by Crippen LogP contribution is -2.05. The molecule has 0 aliphatic carbocycles. The topological polar surface area (TPSA) is 35.5 Å². The van der Waals surface area contributed by atoms with E-state index in [0.717, 1.165) is 11.3 Å². The molecule has 0 spiro atoms. The molecule has 0 N–H and O–H groups in total. The van der Waals surface area contributed by atoms with E-state index < -0.39 is 6.61 Å². The van der Waals surface area contributed by atoms with E-state index in [9.17, 15) is 13.6 Å². The molecule has 0 amide bonds. The number of benzene rings is 1. The number of halogens is 3. The molecule has 1 heterocycles. The van der Waals surface area contributed by atoms with Crippen molar-refractivity contribution in [3.05, 3.63) is 51.2 Å². The smallest absolute Gasteiger partial charge is 0.387 e. The van der Waals surface area contributed by atoms with Crippen LogP contribution < -0.4 is 9.47 Å². The Kier molecular flexibility index (Phi) is 5.51. The summed E-state index contributed by atoms with van der Waals surface area (Å²) in [6.07, 6.45) is 2.67. The van der Waals surface area contributed by atoms with Crippen LogP contribution in [0.4, 0.5) is 8.78 Å². The quantitative estimate of drug-likeness (QED) is 0.552. The Morgan fingerprint density at radius 1 is 1.32 bits per heavy atom. The first-order valence-corrected chi connectivity index (χ1v) is 7.30. The van der Waals surface area contributed by atoms with Crippen LogP contribution in [0.2, 0.25) is 4.34 Å². The second kappa shape index (κ2) is 7.38. The summed E-state index contributed by atoms with van der Waals surface area (Å²) >= 11 is 6.91. The SMILES string of the molecule is COc1cccc(/C=C\C(=O)c2ccc(Cl)s2)c1OC(F)F. The van der Waals surface area contributed by atoms with Crippen molar-refractivity contribution in [2.45, 2.75) is 6.61 Å². The van der Waals surface area contributed by atoms with Gasteiger partial charge in [0.05, 0.1) is 16.3 Å². The average molecular weight is 345 g/mol. The third-order valence-corrected chi connectivity index (χ3v) is 3.91. The maximum Gasteiger partial charge on any atom is 0.387 e. The zero-order valence-corrected chi connectivity index (χ0v) is 13.0. The number of thiophene rings is 1. The Labute approximate surface area is 134 Å². The van der Waals surface area contributed by atoms with Gasteiger partial charge in [-0.05, 0) is 30.4 Å². The molecule has 0 bridgehead atoms. The first-order chi connectivity index (χ1) is 10.5. The standard InChI is InChI=1S/C15H11ClF2O3S/c1-20-11-4-2-3-9(14(11)21-15(17)18)5-6-10(19)12-7-8-13(16)22-12/h2-8,15H,1H3/b6-5-. The Bertz CT molecular complexity index is 698. The summed E-state index contributed by atoms with van der Waals surface area (Å²) in [5.41, 5.74) is 0.315. The molecule has 0 unspecified atom stereocenters. The molecular weight excluding hydrogens is 334 g/mol. The average Bonchev–Trinajstić information content (AvgIpc) is 2.92. The van der Waals surface area contributed by atoms with Crippen molar-refractivity contribution in [2.75, 3.05) is 7.11 Å². The number of methoxy groups -OCH3 is 1. The predicted octanol–water partition coefficient (Wildman–Crippen LogP) is 4.91. The molecule has 1 aromatic carbocycles. The van der Waals surface area contributed by atoms with Crippen molar-refractivity contribution in [3.63, 3.8) is 0 Å². The molecule has 3 nitrogen and oxygen atoms in total. The molecule has 0 atom stereocenters. The highest BCUT2D eigenvalue weighted by Gasteiger charge is 2.14. The molecular formula is C15H11ClF2O3S. The van der Waals surface area contributed by atoms with E-state index in [1.165, 1.54) is 25.3 Å². The van der Waals surface area contributed by atoms with Gasteiger partial charge in [0.2, 0.25) is 0 Å². The van der Waals surface area contributed by atoms with Gasteiger partial charge < -0.3 is 9.47 Å². The van der Waals surface area contributed by atoms with Crippen LogP contribution in [0.3, 0.4) is 0 Å². The zero-order chi connectivity index (χ0) is 16.1. The maximum absolute atomic E-state index is 12.5. The van der Waals surface area contributed by atoms with Crippen molar-refractivity contribution in [1.29, 1.82) is 0 Å². The molecule has 0 radical (unpaired) electrons. The Morgan fingerprint density at radius 3 is 2.68 bits per heavy atom. The van der Waals surface area contributed by atoms with Crippen molar-refractivity contribution in [3.8, 4) is 11.5 Å². The number of carbonyl (C=O) groups is 1. The van der Waals surface area contributed by atoms with E-state index in [-0.39, 0.29) is 17.3 Å². The minimum absolute atomic E-state index is 0.117. The Balaban J connectivity index is 2.28. The fourth-order valence-corrected chi connectivity index (χ4v) is 2.70. The highest BCUT2D eigenvalue weighted by molar-refractivity contribution is 7.18. The number of para-hydroxylation sites is 1. The predicted molar refractivity (Wildman–Crippen MR) is 82.3 cm³/mol. The number of carbonyl (C=O) groups excluding carboxylic acids is 1. The molecule has 0 aliphatic heterocycles. The third kappa shape index (κ3) is 4.05. The van der Waals surface area contributed by atoms with Gasteiger partial charge >= 0.3 is 6.61 Å². The van der Waals surface area contributed by atoms with Gasteiger partial charge in [0.1, 0.15) is 0 Å². The zero-order valence-electron chi connectivity index (χ0n) is 11.4. The van der Waals surface area contributed by atoms with E-state index in [4.69, 9.17) is 16.3 Å². The fourth-order valence-electron chi connectivity index (χ4n) is 1.73. The highest BCUT2D eigenvalue weighted by Crippen LogP contribution is 2.33. The summed E-state index contributed by atoms with van der Waals surface area (Å²) in [6.45, 7) is -2.99. The van der Waals surface area contributed by atoms with Crippen molar-refractivity contribution in [1.82, 2.24) is 0 Å². The van der Waals surface area contributed by atoms with Crippen LogP contribution in [0.1, 0.15) is 15.2 Å². The van der Waals surface area contributed by atoms with E-state index in [1.54, 1.807) is 24.3 Å². The molecule has 2 aromatic rings. The largest absolute Gasteiger partial charge is 0.493 e. The summed E-state index contributed by atoms with van der Waals surface area (Å²) in [5.74, 6) is -0.231. The van der Waals surface area contributed by atoms with Crippen LogP contribution in [0, 0.1) is 0 Å². The van der Waals surface area contributed by atoms with Crippen LogP contribution in [0.25, 0.3) is 6.08 Å². The highest BCUT2D eigenvalue weighted by atomic mass is 35.5. The molecule has 0 saturated carbocycles. The molecule has 116 valence electrons. The first kappa shape index (κ1) is 16.5. The van der Waals surface area contributed by atoms with Gasteiger partial charge in [0, 0.05) is 5.56 Å². The number of ketones is 1. The second-order valence-electron chi connectivity index (χ2n) is 4.06. The van der Waals surface area contributed by atoms with Gasteiger partial charge in [0.15, 0.2) is 17.3 Å². The van der Waals surface area contributed by atoms with E-state index >= 15 is 0 Å². The van der Waals surface area contributed by atoms with Gasteiger partial charge in [-0.1, -0.05) is 23.7 Å². The Morgan fingerprint density at radius 2 is 2.09 bits per heavy atom. The normalized spacial score (nSPS) is 11.1. The molecule has 0 aliphatic rings. The van der Waals surface area contributed by atoms with Crippen LogP contribution in [0.15, 0.2) is 36.4 Å². The van der Waals surface area contributed by atoms with Gasteiger partial charge in [-0.3, -0.25) is 4.79 Å². The lowest BCUT2D eigenvalue weighted by atomic mass is 10.1. The Hall–Kier alpha value is -1.92. The monoisotopic (exact) mass is 344 g/mol. The number of ether oxygens (including phenoxy) is 2. The summed E-state index contributed by atoms with van der Waals surface area (Å²) in [5, 5.41) is 0. The summed E-state index contributed by atoms with van der Waals surface area (Å²) in [4.78, 5) is 12.4. The lowest BCUT2D eigenvalue weighted by molar-refractivity contribution is -0.0513. The van der Waals surface area contributed by atoms with Gasteiger partial charge in [-0.15, -0.1) is 11.3 Å². The van der Waals surface area contributed by atoms with E-state index in [1.807, 2.05) is 0 Å². The summed E-state index contributed by atoms with van der Waals surface area (Å²) in [6, 6.07) is 7.87. The summed E-state index contributed by atoms with van der Waals surface area (Å²) in [7, 11) is 1.35. The molecule has 1 aromatic heterocycles. The number of hydrogen-bond acceptors (Lipinski definition) is 4. The number of allylic oxidation sites excluding steroid dienone is 1. The molecule has 7 heteroatoms.